The standard InChI is InChI=1S/C23H22N2O3S/c1-3-28-18-12-7-6-11-17(18)24-22(26)20-15-9-4-5-10-16(15)23(27)25(2)21(20)19-13-8-14-29-19/h4-14,20-21H,3H2,1-2H3,(H,24,26)/t20-,21-/m1/s1. The lowest BCUT2D eigenvalue weighted by Gasteiger charge is -2.39. The average Bonchev–Trinajstić information content (AvgIpc) is 3.26. The summed E-state index contributed by atoms with van der Waals surface area (Å²) in [4.78, 5) is 29.2. The normalized spacial score (nSPS) is 18.3. The molecule has 0 bridgehead atoms. The molecule has 0 unspecified atom stereocenters. The lowest BCUT2D eigenvalue weighted by Crippen LogP contribution is -2.43. The van der Waals surface area contributed by atoms with Crippen molar-refractivity contribution in [1.29, 1.82) is 0 Å². The van der Waals surface area contributed by atoms with Crippen molar-refractivity contribution in [3.8, 4) is 5.75 Å². The number of amides is 2. The summed E-state index contributed by atoms with van der Waals surface area (Å²) in [5.41, 5.74) is 1.95. The molecular formula is C23H22N2O3S. The number of nitrogens with zero attached hydrogens (tertiary/aromatic N) is 1. The van der Waals surface area contributed by atoms with Gasteiger partial charge in [-0.1, -0.05) is 36.4 Å². The maximum absolute atomic E-state index is 13.5. The van der Waals surface area contributed by atoms with Crippen LogP contribution in [0.1, 0.15) is 39.7 Å². The van der Waals surface area contributed by atoms with Gasteiger partial charge < -0.3 is 15.0 Å². The molecule has 2 atom stereocenters. The number of para-hydroxylation sites is 2. The smallest absolute Gasteiger partial charge is 0.254 e. The highest BCUT2D eigenvalue weighted by Crippen LogP contribution is 2.44. The first kappa shape index (κ1) is 19.2. The molecule has 6 heteroatoms. The van der Waals surface area contributed by atoms with E-state index < -0.39 is 5.92 Å². The third-order valence-electron chi connectivity index (χ3n) is 5.14. The van der Waals surface area contributed by atoms with Gasteiger partial charge in [0.1, 0.15) is 5.75 Å². The third kappa shape index (κ3) is 3.51. The molecule has 5 nitrogen and oxygen atoms in total. The van der Waals surface area contributed by atoms with Crippen LogP contribution in [0.15, 0.2) is 66.0 Å². The second-order valence-corrected chi connectivity index (χ2v) is 7.84. The second kappa shape index (κ2) is 8.09. The summed E-state index contributed by atoms with van der Waals surface area (Å²) in [6, 6.07) is 18.3. The van der Waals surface area contributed by atoms with E-state index >= 15 is 0 Å². The molecule has 4 rings (SSSR count). The largest absolute Gasteiger partial charge is 0.492 e. The Kier molecular flexibility index (Phi) is 5.36. The number of nitrogens with one attached hydrogen (secondary N) is 1. The molecule has 1 aliphatic heterocycles. The average molecular weight is 407 g/mol. The lowest BCUT2D eigenvalue weighted by molar-refractivity contribution is -0.119. The van der Waals surface area contributed by atoms with Crippen LogP contribution in [0.4, 0.5) is 5.69 Å². The minimum absolute atomic E-state index is 0.0715. The fourth-order valence-corrected chi connectivity index (χ4v) is 4.74. The summed E-state index contributed by atoms with van der Waals surface area (Å²) in [6.07, 6.45) is 0. The molecule has 1 aromatic heterocycles. The first-order valence-electron chi connectivity index (χ1n) is 9.54. The molecule has 0 saturated heterocycles. The number of anilines is 1. The van der Waals surface area contributed by atoms with Gasteiger partial charge >= 0.3 is 0 Å². The van der Waals surface area contributed by atoms with Crippen molar-refractivity contribution in [3.63, 3.8) is 0 Å². The fourth-order valence-electron chi connectivity index (χ4n) is 3.83. The highest BCUT2D eigenvalue weighted by molar-refractivity contribution is 7.10. The molecule has 1 N–H and O–H groups in total. The minimum Gasteiger partial charge on any atom is -0.492 e. The number of benzene rings is 2. The van der Waals surface area contributed by atoms with Crippen LogP contribution in [0.5, 0.6) is 5.75 Å². The predicted octanol–water partition coefficient (Wildman–Crippen LogP) is 4.70. The molecule has 148 valence electrons. The quantitative estimate of drug-likeness (QED) is 0.668. The Morgan fingerprint density at radius 2 is 1.86 bits per heavy atom. The van der Waals surface area contributed by atoms with Gasteiger partial charge in [0.05, 0.1) is 24.3 Å². The monoisotopic (exact) mass is 406 g/mol. The van der Waals surface area contributed by atoms with Gasteiger partial charge in [-0.3, -0.25) is 9.59 Å². The third-order valence-corrected chi connectivity index (χ3v) is 6.08. The van der Waals surface area contributed by atoms with Crippen LogP contribution >= 0.6 is 11.3 Å². The van der Waals surface area contributed by atoms with Gasteiger partial charge in [-0.05, 0) is 42.1 Å². The summed E-state index contributed by atoms with van der Waals surface area (Å²) in [6.45, 7) is 2.41. The zero-order valence-corrected chi connectivity index (χ0v) is 17.1. The highest BCUT2D eigenvalue weighted by Gasteiger charge is 2.43. The number of hydrogen-bond donors (Lipinski definition) is 1. The molecule has 1 aliphatic rings. The van der Waals surface area contributed by atoms with Crippen LogP contribution in [-0.4, -0.2) is 30.4 Å². The van der Waals surface area contributed by atoms with Gasteiger partial charge in [0.25, 0.3) is 5.91 Å². The summed E-state index contributed by atoms with van der Waals surface area (Å²) in [5.74, 6) is -0.132. The number of hydrogen-bond acceptors (Lipinski definition) is 4. The Labute approximate surface area is 173 Å². The Hall–Kier alpha value is -3.12. The van der Waals surface area contributed by atoms with E-state index in [9.17, 15) is 9.59 Å². The molecule has 0 spiro atoms. The molecule has 0 aliphatic carbocycles. The van der Waals surface area contributed by atoms with Crippen molar-refractivity contribution in [2.24, 2.45) is 0 Å². The summed E-state index contributed by atoms with van der Waals surface area (Å²) < 4.78 is 5.65. The number of carbonyl (C=O) groups is 2. The van der Waals surface area contributed by atoms with Gasteiger partial charge in [0, 0.05) is 17.5 Å². The van der Waals surface area contributed by atoms with Crippen LogP contribution in [0.25, 0.3) is 0 Å². The Balaban J connectivity index is 1.77. The number of likely N-dealkylation sites (N-methyl/N-ethyl adjacent to an activating group) is 1. The van der Waals surface area contributed by atoms with E-state index in [-0.39, 0.29) is 17.9 Å². The van der Waals surface area contributed by atoms with E-state index in [4.69, 9.17) is 4.74 Å². The van der Waals surface area contributed by atoms with Crippen LogP contribution < -0.4 is 10.1 Å². The van der Waals surface area contributed by atoms with E-state index in [1.54, 1.807) is 29.4 Å². The summed E-state index contributed by atoms with van der Waals surface area (Å²) in [5, 5.41) is 5.00. The summed E-state index contributed by atoms with van der Waals surface area (Å²) >= 11 is 1.55. The minimum atomic E-state index is -0.526. The zero-order valence-electron chi connectivity index (χ0n) is 16.3. The van der Waals surface area contributed by atoms with Crippen LogP contribution in [0, 0.1) is 0 Å². The SMILES string of the molecule is CCOc1ccccc1NC(=O)[C@@H]1c2ccccc2C(=O)N(C)[C@@H]1c1cccs1. The Bertz CT molecular complexity index is 1030. The second-order valence-electron chi connectivity index (χ2n) is 6.86. The summed E-state index contributed by atoms with van der Waals surface area (Å²) in [7, 11) is 1.76. The van der Waals surface area contributed by atoms with Gasteiger partial charge in [0.15, 0.2) is 0 Å². The van der Waals surface area contributed by atoms with Crippen LogP contribution in [-0.2, 0) is 4.79 Å². The molecule has 2 heterocycles. The predicted molar refractivity (Wildman–Crippen MR) is 115 cm³/mol. The maximum Gasteiger partial charge on any atom is 0.254 e. The molecule has 3 aromatic rings. The highest BCUT2D eigenvalue weighted by atomic mass is 32.1. The molecule has 0 fully saturated rings. The van der Waals surface area contributed by atoms with E-state index in [1.807, 2.05) is 66.9 Å². The molecule has 2 aromatic carbocycles. The van der Waals surface area contributed by atoms with Crippen molar-refractivity contribution >= 4 is 28.8 Å². The molecule has 2 amide bonds. The lowest BCUT2D eigenvalue weighted by atomic mass is 9.81. The van der Waals surface area contributed by atoms with Gasteiger partial charge in [0.2, 0.25) is 5.91 Å². The van der Waals surface area contributed by atoms with E-state index in [2.05, 4.69) is 5.32 Å². The van der Waals surface area contributed by atoms with E-state index in [0.717, 1.165) is 10.4 Å². The molecular weight excluding hydrogens is 384 g/mol. The zero-order chi connectivity index (χ0) is 20.4. The number of thiophene rings is 1. The van der Waals surface area contributed by atoms with Gasteiger partial charge in [-0.2, -0.15) is 0 Å². The maximum atomic E-state index is 13.5. The Morgan fingerprint density at radius 3 is 2.62 bits per heavy atom. The fraction of sp³-hybridized carbons (Fsp3) is 0.217. The van der Waals surface area contributed by atoms with Crippen molar-refractivity contribution in [1.82, 2.24) is 4.90 Å². The number of rotatable bonds is 5. The molecule has 29 heavy (non-hydrogen) atoms. The number of ether oxygens (including phenoxy) is 1. The van der Waals surface area contributed by atoms with Crippen molar-refractivity contribution in [3.05, 3.63) is 82.0 Å². The van der Waals surface area contributed by atoms with E-state index in [1.165, 1.54) is 0 Å². The van der Waals surface area contributed by atoms with Crippen molar-refractivity contribution in [2.45, 2.75) is 18.9 Å². The first-order chi connectivity index (χ1) is 14.1. The topological polar surface area (TPSA) is 58.6 Å². The van der Waals surface area contributed by atoms with Crippen LogP contribution in [0.2, 0.25) is 0 Å². The van der Waals surface area contributed by atoms with Gasteiger partial charge in [-0.15, -0.1) is 11.3 Å². The molecule has 0 saturated carbocycles. The van der Waals surface area contributed by atoms with Crippen LogP contribution in [0.3, 0.4) is 0 Å². The van der Waals surface area contributed by atoms with Crippen molar-refractivity contribution in [2.75, 3.05) is 19.0 Å². The molecule has 0 radical (unpaired) electrons. The number of fused-ring (bicyclic) bond motifs is 1. The first-order valence-corrected chi connectivity index (χ1v) is 10.4. The van der Waals surface area contributed by atoms with Gasteiger partial charge in [-0.25, -0.2) is 0 Å². The van der Waals surface area contributed by atoms with Crippen molar-refractivity contribution < 1.29 is 14.3 Å². The Morgan fingerprint density at radius 1 is 1.10 bits per heavy atom. The van der Waals surface area contributed by atoms with E-state index in [0.29, 0.717) is 23.6 Å². The number of carbonyl (C=O) groups excluding carboxylic acids is 2.